The van der Waals surface area contributed by atoms with Crippen LogP contribution in [0.15, 0.2) is 17.1 Å². The van der Waals surface area contributed by atoms with Crippen LogP contribution in [-0.4, -0.2) is 75.2 Å². The van der Waals surface area contributed by atoms with Crippen molar-refractivity contribution in [3.05, 3.63) is 33.9 Å². The van der Waals surface area contributed by atoms with E-state index >= 15 is 0 Å². The highest BCUT2D eigenvalue weighted by molar-refractivity contribution is 5.79. The molecule has 4 heterocycles. The zero-order chi connectivity index (χ0) is 19.0. The number of carbonyl (C=O) groups is 1. The van der Waals surface area contributed by atoms with E-state index < -0.39 is 0 Å². The Morgan fingerprint density at radius 3 is 2.85 bits per heavy atom. The number of rotatable bonds is 3. The molecule has 8 nitrogen and oxygen atoms in total. The van der Waals surface area contributed by atoms with Gasteiger partial charge in [0.2, 0.25) is 5.91 Å². The molecule has 0 bridgehead atoms. The van der Waals surface area contributed by atoms with Gasteiger partial charge < -0.3 is 9.64 Å². The van der Waals surface area contributed by atoms with Gasteiger partial charge in [-0.05, 0) is 26.7 Å². The van der Waals surface area contributed by atoms with Crippen LogP contribution in [0.1, 0.15) is 31.0 Å². The van der Waals surface area contributed by atoms with Gasteiger partial charge in [0.25, 0.3) is 5.56 Å². The highest BCUT2D eigenvalue weighted by atomic mass is 16.5. The predicted molar refractivity (Wildman–Crippen MR) is 101 cm³/mol. The molecule has 1 atom stereocenters. The van der Waals surface area contributed by atoms with Gasteiger partial charge in [0, 0.05) is 68.5 Å². The highest BCUT2D eigenvalue weighted by Gasteiger charge is 2.32. The van der Waals surface area contributed by atoms with Gasteiger partial charge in [-0.3, -0.25) is 19.6 Å². The molecule has 2 fully saturated rings. The lowest BCUT2D eigenvalue weighted by Crippen LogP contribution is -2.57. The Morgan fingerprint density at radius 1 is 1.33 bits per heavy atom. The molecule has 0 radical (unpaired) electrons. The zero-order valence-corrected chi connectivity index (χ0v) is 16.0. The van der Waals surface area contributed by atoms with Gasteiger partial charge in [0.15, 0.2) is 5.65 Å². The first-order valence-electron chi connectivity index (χ1n) is 9.71. The fourth-order valence-corrected chi connectivity index (χ4v) is 4.30. The van der Waals surface area contributed by atoms with Crippen LogP contribution in [0.3, 0.4) is 0 Å². The van der Waals surface area contributed by atoms with Crippen molar-refractivity contribution in [2.75, 3.05) is 32.8 Å². The Balaban J connectivity index is 1.45. The fraction of sp³-hybridized carbons (Fsp3) is 0.632. The zero-order valence-electron chi connectivity index (χ0n) is 16.0. The molecule has 0 unspecified atom stereocenters. The maximum absolute atomic E-state index is 12.9. The lowest BCUT2D eigenvalue weighted by molar-refractivity contribution is -0.135. The van der Waals surface area contributed by atoms with Crippen molar-refractivity contribution in [1.29, 1.82) is 0 Å². The summed E-state index contributed by atoms with van der Waals surface area (Å²) in [5.41, 5.74) is 1.48. The molecule has 27 heavy (non-hydrogen) atoms. The molecule has 146 valence electrons. The Hall–Kier alpha value is -2.19. The minimum absolute atomic E-state index is 0.00244. The van der Waals surface area contributed by atoms with Crippen molar-refractivity contribution in [3.63, 3.8) is 0 Å². The van der Waals surface area contributed by atoms with E-state index in [1.807, 2.05) is 4.90 Å². The van der Waals surface area contributed by atoms with Crippen molar-refractivity contribution >= 4 is 11.6 Å². The van der Waals surface area contributed by atoms with E-state index in [1.165, 1.54) is 4.52 Å². The number of H-pyrrole nitrogens is 1. The molecule has 2 aromatic heterocycles. The quantitative estimate of drug-likeness (QED) is 0.851. The van der Waals surface area contributed by atoms with E-state index in [0.29, 0.717) is 29.5 Å². The number of aromatic amines is 1. The second-order valence-corrected chi connectivity index (χ2v) is 7.59. The highest BCUT2D eigenvalue weighted by Crippen LogP contribution is 2.20. The van der Waals surface area contributed by atoms with Gasteiger partial charge in [0.1, 0.15) is 0 Å². The van der Waals surface area contributed by atoms with Crippen molar-refractivity contribution in [2.45, 2.75) is 45.2 Å². The normalized spacial score (nSPS) is 22.4. The molecule has 8 heteroatoms. The molecule has 2 aromatic rings. The molecule has 0 spiro atoms. The number of nitrogens with zero attached hydrogens (tertiary/aromatic N) is 4. The van der Waals surface area contributed by atoms with Crippen LogP contribution in [0.4, 0.5) is 0 Å². The van der Waals surface area contributed by atoms with E-state index in [0.717, 1.165) is 39.1 Å². The van der Waals surface area contributed by atoms with Crippen LogP contribution < -0.4 is 5.56 Å². The first-order valence-corrected chi connectivity index (χ1v) is 9.71. The Labute approximate surface area is 158 Å². The summed E-state index contributed by atoms with van der Waals surface area (Å²) in [6.45, 7) is 8.01. The summed E-state index contributed by atoms with van der Waals surface area (Å²) in [6, 6.07) is 2.45. The van der Waals surface area contributed by atoms with Crippen LogP contribution in [-0.2, 0) is 16.0 Å². The average Bonchev–Trinajstić information content (AvgIpc) is 3.14. The lowest BCUT2D eigenvalue weighted by Gasteiger charge is -2.44. The van der Waals surface area contributed by atoms with Gasteiger partial charge in [-0.15, -0.1) is 0 Å². The summed E-state index contributed by atoms with van der Waals surface area (Å²) >= 11 is 0. The topological polar surface area (TPSA) is 82.9 Å². The number of nitrogens with one attached hydrogen (secondary N) is 1. The maximum atomic E-state index is 12.9. The molecule has 0 aromatic carbocycles. The average molecular weight is 373 g/mol. The number of hydrogen-bond donors (Lipinski definition) is 1. The predicted octanol–water partition coefficient (Wildman–Crippen LogP) is 0.585. The van der Waals surface area contributed by atoms with Crippen molar-refractivity contribution in [1.82, 2.24) is 24.4 Å². The summed E-state index contributed by atoms with van der Waals surface area (Å²) < 4.78 is 6.85. The number of ether oxygens (including phenoxy) is 1. The molecule has 1 amide bonds. The Morgan fingerprint density at radius 2 is 2.11 bits per heavy atom. The molecule has 0 saturated carbocycles. The number of aryl methyl sites for hydroxylation is 1. The number of aromatic nitrogens is 3. The number of hydrogen-bond acceptors (Lipinski definition) is 5. The Kier molecular flexibility index (Phi) is 5.01. The van der Waals surface area contributed by atoms with Gasteiger partial charge >= 0.3 is 0 Å². The van der Waals surface area contributed by atoms with Crippen molar-refractivity contribution in [2.24, 2.45) is 0 Å². The molecular formula is C19H27N5O3. The smallest absolute Gasteiger partial charge is 0.276 e. The van der Waals surface area contributed by atoms with E-state index in [9.17, 15) is 9.59 Å². The summed E-state index contributed by atoms with van der Waals surface area (Å²) in [6.07, 6.45) is 3.91. The molecule has 2 aliphatic rings. The standard InChI is InChI=1S/C19H27N5O3/c1-13-12-22(15-4-9-27-10-5-15)7-8-23(13)18(25)11-16-14(2)21-17-3-6-20-24(17)19(16)26/h3,6,13,15,20H,4-5,7-12H2,1-2H3/t13-/m0/s1. The monoisotopic (exact) mass is 373 g/mol. The third kappa shape index (κ3) is 3.51. The van der Waals surface area contributed by atoms with E-state index in [4.69, 9.17) is 4.74 Å². The van der Waals surface area contributed by atoms with Crippen LogP contribution in [0.25, 0.3) is 5.65 Å². The van der Waals surface area contributed by atoms with Gasteiger partial charge in [-0.1, -0.05) is 0 Å². The van der Waals surface area contributed by atoms with Crippen LogP contribution in [0.5, 0.6) is 0 Å². The second kappa shape index (κ2) is 7.44. The number of fused-ring (bicyclic) bond motifs is 1. The van der Waals surface area contributed by atoms with E-state index in [2.05, 4.69) is 21.9 Å². The van der Waals surface area contributed by atoms with Gasteiger partial charge in [-0.25, -0.2) is 9.50 Å². The van der Waals surface area contributed by atoms with E-state index in [1.54, 1.807) is 19.2 Å². The first kappa shape index (κ1) is 18.2. The first-order chi connectivity index (χ1) is 13.0. The molecule has 0 aliphatic carbocycles. The molecule has 4 rings (SSSR count). The molecule has 2 saturated heterocycles. The van der Waals surface area contributed by atoms with Gasteiger partial charge in [0.05, 0.1) is 6.42 Å². The second-order valence-electron chi connectivity index (χ2n) is 7.59. The fourth-order valence-electron chi connectivity index (χ4n) is 4.30. The number of piperazine rings is 1. The van der Waals surface area contributed by atoms with Crippen molar-refractivity contribution in [3.8, 4) is 0 Å². The van der Waals surface area contributed by atoms with Gasteiger partial charge in [-0.2, -0.15) is 0 Å². The third-order valence-corrected chi connectivity index (χ3v) is 5.86. The summed E-state index contributed by atoms with van der Waals surface area (Å²) in [5, 5.41) is 2.86. The van der Waals surface area contributed by atoms with Crippen LogP contribution in [0, 0.1) is 6.92 Å². The summed E-state index contributed by atoms with van der Waals surface area (Å²) in [5.74, 6) is 0.00244. The minimum Gasteiger partial charge on any atom is -0.381 e. The number of amides is 1. The van der Waals surface area contributed by atoms with Crippen molar-refractivity contribution < 1.29 is 9.53 Å². The Bertz CT molecular complexity index is 883. The lowest BCUT2D eigenvalue weighted by atomic mass is 10.0. The molecule has 2 aliphatic heterocycles. The van der Waals surface area contributed by atoms with E-state index in [-0.39, 0.29) is 23.9 Å². The summed E-state index contributed by atoms with van der Waals surface area (Å²) in [4.78, 5) is 34.4. The largest absolute Gasteiger partial charge is 0.381 e. The van der Waals surface area contributed by atoms with Crippen LogP contribution >= 0.6 is 0 Å². The molecular weight excluding hydrogens is 346 g/mol. The molecule has 1 N–H and O–H groups in total. The van der Waals surface area contributed by atoms with Crippen LogP contribution in [0.2, 0.25) is 0 Å². The third-order valence-electron chi connectivity index (χ3n) is 5.86. The number of carbonyl (C=O) groups excluding carboxylic acids is 1. The maximum Gasteiger partial charge on any atom is 0.276 e. The SMILES string of the molecule is Cc1nc2cc[nH]n2c(=O)c1CC(=O)N1CCN(C2CCOCC2)C[C@@H]1C. The summed E-state index contributed by atoms with van der Waals surface area (Å²) in [7, 11) is 0. The minimum atomic E-state index is -0.190.